The number of hydrogen-bond acceptors (Lipinski definition) is 3. The van der Waals surface area contributed by atoms with Crippen molar-refractivity contribution in [2.45, 2.75) is 18.7 Å². The van der Waals surface area contributed by atoms with Gasteiger partial charge in [0.1, 0.15) is 0 Å². The number of rotatable bonds is 1. The summed E-state index contributed by atoms with van der Waals surface area (Å²) in [6.45, 7) is 4.12. The summed E-state index contributed by atoms with van der Waals surface area (Å²) in [7, 11) is 0. The first-order chi connectivity index (χ1) is 11.1. The quantitative estimate of drug-likeness (QED) is 0.669. The molecule has 23 heavy (non-hydrogen) atoms. The summed E-state index contributed by atoms with van der Waals surface area (Å²) in [5.41, 5.74) is 1.89. The summed E-state index contributed by atoms with van der Waals surface area (Å²) in [5, 5.41) is 0.672. The van der Waals surface area contributed by atoms with Crippen molar-refractivity contribution in [3.8, 4) is 0 Å². The Labute approximate surface area is 138 Å². The Balaban J connectivity index is 2.01. The summed E-state index contributed by atoms with van der Waals surface area (Å²) < 4.78 is 1.81. The van der Waals surface area contributed by atoms with Gasteiger partial charge in [-0.05, 0) is 37.6 Å². The Morgan fingerprint density at radius 2 is 1.74 bits per heavy atom. The van der Waals surface area contributed by atoms with Crippen LogP contribution >= 0.6 is 11.8 Å². The molecule has 3 nitrogen and oxygen atoms in total. The van der Waals surface area contributed by atoms with Crippen LogP contribution in [0.2, 0.25) is 0 Å². The van der Waals surface area contributed by atoms with Crippen LogP contribution in [0.1, 0.15) is 25.2 Å². The SMILES string of the molecule is CC1(C)S/C(=C/c2ccccc2)c2nc3ccccc3c(=O)n21. The standard InChI is InChI=1S/C19H16N2OS/c1-19(2)21-17(16(23-19)12-13-8-4-3-5-9-13)20-15-11-7-6-10-14(15)18(21)22/h3-12H,1-2H3/b16-12+. The molecular formula is C19H16N2OS. The number of thioether (sulfide) groups is 1. The molecule has 2 aromatic carbocycles. The van der Waals surface area contributed by atoms with Gasteiger partial charge in [-0.1, -0.05) is 54.2 Å². The van der Waals surface area contributed by atoms with E-state index in [0.717, 1.165) is 21.8 Å². The molecule has 0 aliphatic carbocycles. The number of para-hydroxylation sites is 1. The monoisotopic (exact) mass is 320 g/mol. The van der Waals surface area contributed by atoms with Crippen molar-refractivity contribution in [3.05, 3.63) is 76.3 Å². The van der Waals surface area contributed by atoms with Gasteiger partial charge in [-0.25, -0.2) is 4.98 Å². The Morgan fingerprint density at radius 3 is 2.52 bits per heavy atom. The van der Waals surface area contributed by atoms with E-state index in [0.29, 0.717) is 5.39 Å². The minimum Gasteiger partial charge on any atom is -0.276 e. The van der Waals surface area contributed by atoms with Crippen LogP contribution in [0.5, 0.6) is 0 Å². The zero-order valence-electron chi connectivity index (χ0n) is 13.0. The van der Waals surface area contributed by atoms with Crippen LogP contribution in [0.25, 0.3) is 21.9 Å². The molecule has 114 valence electrons. The second-order valence-corrected chi connectivity index (χ2v) is 7.70. The van der Waals surface area contributed by atoms with Crippen molar-refractivity contribution in [2.75, 3.05) is 0 Å². The van der Waals surface area contributed by atoms with E-state index in [4.69, 9.17) is 4.98 Å². The molecule has 3 aromatic rings. The molecule has 1 aromatic heterocycles. The highest BCUT2D eigenvalue weighted by Crippen LogP contribution is 2.48. The van der Waals surface area contributed by atoms with Gasteiger partial charge in [0.2, 0.25) is 0 Å². The van der Waals surface area contributed by atoms with E-state index in [2.05, 4.69) is 32.1 Å². The Hall–Kier alpha value is -2.33. The fourth-order valence-corrected chi connectivity index (χ4v) is 4.17. The number of aromatic nitrogens is 2. The van der Waals surface area contributed by atoms with Crippen molar-refractivity contribution in [3.63, 3.8) is 0 Å². The first-order valence-corrected chi connectivity index (χ1v) is 8.36. The van der Waals surface area contributed by atoms with Crippen molar-refractivity contribution in [1.29, 1.82) is 0 Å². The lowest BCUT2D eigenvalue weighted by molar-refractivity contribution is 0.522. The first-order valence-electron chi connectivity index (χ1n) is 7.55. The van der Waals surface area contributed by atoms with Gasteiger partial charge < -0.3 is 0 Å². The van der Waals surface area contributed by atoms with Crippen LogP contribution in [0.3, 0.4) is 0 Å². The maximum Gasteiger partial charge on any atom is 0.262 e. The minimum absolute atomic E-state index is 0.0274. The molecule has 0 bridgehead atoms. The van der Waals surface area contributed by atoms with Crippen molar-refractivity contribution >= 4 is 33.6 Å². The van der Waals surface area contributed by atoms with Crippen molar-refractivity contribution < 1.29 is 0 Å². The van der Waals surface area contributed by atoms with Gasteiger partial charge in [-0.2, -0.15) is 0 Å². The van der Waals surface area contributed by atoms with E-state index >= 15 is 0 Å². The number of hydrogen-bond donors (Lipinski definition) is 0. The summed E-state index contributed by atoms with van der Waals surface area (Å²) in [6, 6.07) is 17.7. The highest BCUT2D eigenvalue weighted by molar-refractivity contribution is 8.09. The molecule has 0 saturated heterocycles. The highest BCUT2D eigenvalue weighted by atomic mass is 32.2. The zero-order chi connectivity index (χ0) is 16.0. The molecule has 0 unspecified atom stereocenters. The van der Waals surface area contributed by atoms with Crippen molar-refractivity contribution in [2.24, 2.45) is 0 Å². The second kappa shape index (κ2) is 5.10. The van der Waals surface area contributed by atoms with E-state index in [1.165, 1.54) is 0 Å². The van der Waals surface area contributed by atoms with Crippen LogP contribution in [0.4, 0.5) is 0 Å². The molecule has 0 spiro atoms. The van der Waals surface area contributed by atoms with E-state index in [9.17, 15) is 4.79 Å². The van der Waals surface area contributed by atoms with Gasteiger partial charge in [0, 0.05) is 0 Å². The molecule has 2 heterocycles. The molecule has 4 heteroatoms. The van der Waals surface area contributed by atoms with Crippen LogP contribution in [0, 0.1) is 0 Å². The zero-order valence-corrected chi connectivity index (χ0v) is 13.8. The molecule has 0 amide bonds. The molecule has 0 atom stereocenters. The Morgan fingerprint density at radius 1 is 1.04 bits per heavy atom. The minimum atomic E-state index is -0.343. The largest absolute Gasteiger partial charge is 0.276 e. The van der Waals surface area contributed by atoms with Gasteiger partial charge >= 0.3 is 0 Å². The van der Waals surface area contributed by atoms with E-state index in [-0.39, 0.29) is 10.4 Å². The molecule has 0 radical (unpaired) electrons. The van der Waals surface area contributed by atoms with Gasteiger partial charge in [-0.3, -0.25) is 9.36 Å². The molecular weight excluding hydrogens is 304 g/mol. The second-order valence-electron chi connectivity index (χ2n) is 6.06. The summed E-state index contributed by atoms with van der Waals surface area (Å²) in [4.78, 5) is 18.4. The summed E-state index contributed by atoms with van der Waals surface area (Å²) in [5.74, 6) is 0.757. The van der Waals surface area contributed by atoms with Crippen LogP contribution in [-0.4, -0.2) is 9.55 Å². The lowest BCUT2D eigenvalue weighted by atomic mass is 10.2. The van der Waals surface area contributed by atoms with Crippen LogP contribution < -0.4 is 5.56 Å². The molecule has 0 saturated carbocycles. The Kier molecular flexibility index (Phi) is 3.16. The maximum atomic E-state index is 12.9. The fraction of sp³-hybridized carbons (Fsp3) is 0.158. The van der Waals surface area contributed by atoms with E-state index in [1.807, 2.05) is 47.0 Å². The highest BCUT2D eigenvalue weighted by Gasteiger charge is 2.36. The van der Waals surface area contributed by atoms with Crippen molar-refractivity contribution in [1.82, 2.24) is 9.55 Å². The smallest absolute Gasteiger partial charge is 0.262 e. The van der Waals surface area contributed by atoms with Gasteiger partial charge in [0.15, 0.2) is 5.82 Å². The van der Waals surface area contributed by atoms with Crippen LogP contribution in [0.15, 0.2) is 59.4 Å². The third kappa shape index (κ3) is 2.30. The third-order valence-electron chi connectivity index (χ3n) is 3.99. The van der Waals surface area contributed by atoms with E-state index in [1.54, 1.807) is 11.8 Å². The van der Waals surface area contributed by atoms with Crippen LogP contribution in [-0.2, 0) is 4.87 Å². The predicted octanol–water partition coefficient (Wildman–Crippen LogP) is 4.33. The average Bonchev–Trinajstić information content (AvgIpc) is 2.79. The maximum absolute atomic E-state index is 12.9. The summed E-state index contributed by atoms with van der Waals surface area (Å²) >= 11 is 1.68. The molecule has 0 fully saturated rings. The molecule has 0 N–H and O–H groups in total. The first kappa shape index (κ1) is 14.3. The fourth-order valence-electron chi connectivity index (χ4n) is 2.95. The van der Waals surface area contributed by atoms with Gasteiger partial charge in [0.25, 0.3) is 5.56 Å². The van der Waals surface area contributed by atoms with E-state index < -0.39 is 0 Å². The molecule has 4 rings (SSSR count). The number of benzene rings is 2. The normalized spacial score (nSPS) is 17.6. The molecule has 1 aliphatic heterocycles. The summed E-state index contributed by atoms with van der Waals surface area (Å²) in [6.07, 6.45) is 2.10. The Bertz CT molecular complexity index is 987. The predicted molar refractivity (Wildman–Crippen MR) is 97.2 cm³/mol. The molecule has 1 aliphatic rings. The third-order valence-corrected chi connectivity index (χ3v) is 5.19. The topological polar surface area (TPSA) is 34.9 Å². The number of nitrogens with zero attached hydrogens (tertiary/aromatic N) is 2. The van der Waals surface area contributed by atoms with Gasteiger partial charge in [-0.15, -0.1) is 0 Å². The number of fused-ring (bicyclic) bond motifs is 2. The average molecular weight is 320 g/mol. The lowest BCUT2D eigenvalue weighted by Gasteiger charge is -2.19. The lowest BCUT2D eigenvalue weighted by Crippen LogP contribution is -2.32. The van der Waals surface area contributed by atoms with Gasteiger partial charge in [0.05, 0.1) is 20.7 Å².